The molecule has 0 radical (unpaired) electrons. The Morgan fingerprint density at radius 3 is 1.89 bits per heavy atom. The first-order valence-corrected chi connectivity index (χ1v) is 9.46. The summed E-state index contributed by atoms with van der Waals surface area (Å²) in [6, 6.07) is 25.8. The van der Waals surface area contributed by atoms with Crippen LogP contribution in [0, 0.1) is 0 Å². The first kappa shape index (κ1) is 18.9. The van der Waals surface area contributed by atoms with Crippen molar-refractivity contribution in [3.63, 3.8) is 0 Å². The summed E-state index contributed by atoms with van der Waals surface area (Å²) in [4.78, 5) is 25.2. The van der Waals surface area contributed by atoms with Gasteiger partial charge in [0, 0.05) is 16.0 Å². The highest BCUT2D eigenvalue weighted by molar-refractivity contribution is 8.01. The van der Waals surface area contributed by atoms with E-state index in [1.807, 2.05) is 60.7 Å². The SMILES string of the molecule is CC(Cc1ccccc1)(Sc1ccc(C(=O)c2ccccc2)cc1)C(=O)O. The Balaban J connectivity index is 1.77. The first-order chi connectivity index (χ1) is 13.0. The van der Waals surface area contributed by atoms with Crippen LogP contribution in [0.3, 0.4) is 0 Å². The van der Waals surface area contributed by atoms with E-state index in [0.717, 1.165) is 10.5 Å². The maximum absolute atomic E-state index is 12.5. The molecule has 1 unspecified atom stereocenters. The number of thioether (sulfide) groups is 1. The van der Waals surface area contributed by atoms with E-state index in [1.54, 1.807) is 31.2 Å². The standard InChI is InChI=1S/C23H20O3S/c1-23(22(25)26,16-17-8-4-2-5-9-17)27-20-14-12-19(13-15-20)21(24)18-10-6-3-7-11-18/h2-15H,16H2,1H3,(H,25,26). The van der Waals surface area contributed by atoms with E-state index in [4.69, 9.17) is 0 Å². The molecule has 1 atom stereocenters. The average Bonchev–Trinajstić information content (AvgIpc) is 2.69. The number of rotatable bonds is 7. The van der Waals surface area contributed by atoms with Crippen molar-refractivity contribution in [3.05, 3.63) is 102 Å². The van der Waals surface area contributed by atoms with Crippen molar-refractivity contribution < 1.29 is 14.7 Å². The summed E-state index contributed by atoms with van der Waals surface area (Å²) in [5, 5.41) is 9.77. The molecule has 0 saturated carbocycles. The van der Waals surface area contributed by atoms with Gasteiger partial charge in [0.25, 0.3) is 0 Å². The van der Waals surface area contributed by atoms with Crippen molar-refractivity contribution >= 4 is 23.5 Å². The predicted molar refractivity (Wildman–Crippen MR) is 108 cm³/mol. The van der Waals surface area contributed by atoms with Crippen LogP contribution in [0.1, 0.15) is 28.4 Å². The summed E-state index contributed by atoms with van der Waals surface area (Å²) in [6.07, 6.45) is 0.415. The fourth-order valence-corrected chi connectivity index (χ4v) is 3.95. The van der Waals surface area contributed by atoms with Gasteiger partial charge in [-0.05, 0) is 43.2 Å². The van der Waals surface area contributed by atoms with Gasteiger partial charge in [-0.3, -0.25) is 9.59 Å². The molecule has 0 aromatic heterocycles. The summed E-state index contributed by atoms with van der Waals surface area (Å²) in [5.41, 5.74) is 2.20. The molecule has 0 fully saturated rings. The normalized spacial score (nSPS) is 12.9. The van der Waals surface area contributed by atoms with E-state index >= 15 is 0 Å². The molecule has 3 aromatic carbocycles. The molecule has 4 heteroatoms. The zero-order valence-corrected chi connectivity index (χ0v) is 15.8. The van der Waals surface area contributed by atoms with Gasteiger partial charge in [-0.25, -0.2) is 0 Å². The molecule has 0 heterocycles. The summed E-state index contributed by atoms with van der Waals surface area (Å²) in [6.45, 7) is 1.73. The van der Waals surface area contributed by atoms with Crippen LogP contribution in [-0.2, 0) is 11.2 Å². The van der Waals surface area contributed by atoms with E-state index in [1.165, 1.54) is 11.8 Å². The minimum absolute atomic E-state index is 0.0440. The first-order valence-electron chi connectivity index (χ1n) is 8.64. The lowest BCUT2D eigenvalue weighted by molar-refractivity contribution is -0.139. The highest BCUT2D eigenvalue weighted by atomic mass is 32.2. The quantitative estimate of drug-likeness (QED) is 0.461. The summed E-state index contributed by atoms with van der Waals surface area (Å²) in [7, 11) is 0. The third kappa shape index (κ3) is 4.66. The molecule has 0 spiro atoms. The van der Waals surface area contributed by atoms with Gasteiger partial charge in [-0.1, -0.05) is 60.7 Å². The molecule has 0 aliphatic heterocycles. The molecule has 0 aliphatic carbocycles. The Morgan fingerprint density at radius 1 is 0.815 bits per heavy atom. The van der Waals surface area contributed by atoms with E-state index in [0.29, 0.717) is 17.5 Å². The van der Waals surface area contributed by atoms with Gasteiger partial charge in [0.15, 0.2) is 5.78 Å². The predicted octanol–water partition coefficient (Wildman–Crippen LogP) is 5.10. The molecule has 3 aromatic rings. The third-order valence-corrected chi connectivity index (χ3v) is 5.61. The molecule has 0 bridgehead atoms. The molecule has 3 rings (SSSR count). The number of carboxylic acid groups (broad SMARTS) is 1. The minimum Gasteiger partial charge on any atom is -0.480 e. The Labute approximate surface area is 163 Å². The van der Waals surface area contributed by atoms with Gasteiger partial charge >= 0.3 is 5.97 Å². The van der Waals surface area contributed by atoms with Gasteiger partial charge in [0.2, 0.25) is 0 Å². The number of carbonyl (C=O) groups is 2. The fourth-order valence-electron chi connectivity index (χ4n) is 2.83. The highest BCUT2D eigenvalue weighted by Gasteiger charge is 2.34. The zero-order chi connectivity index (χ0) is 19.3. The molecule has 27 heavy (non-hydrogen) atoms. The van der Waals surface area contributed by atoms with E-state index in [-0.39, 0.29) is 5.78 Å². The van der Waals surface area contributed by atoms with E-state index in [2.05, 4.69) is 0 Å². The van der Waals surface area contributed by atoms with Crippen molar-refractivity contribution in [2.75, 3.05) is 0 Å². The van der Waals surface area contributed by atoms with Gasteiger partial charge in [-0.2, -0.15) is 0 Å². The third-order valence-electron chi connectivity index (χ3n) is 4.33. The lowest BCUT2D eigenvalue weighted by Crippen LogP contribution is -2.33. The van der Waals surface area contributed by atoms with Gasteiger partial charge in [-0.15, -0.1) is 11.8 Å². The zero-order valence-electron chi connectivity index (χ0n) is 15.0. The molecular formula is C23H20O3S. The van der Waals surface area contributed by atoms with Gasteiger partial charge in [0.05, 0.1) is 0 Å². The number of hydrogen-bond donors (Lipinski definition) is 1. The molecule has 0 amide bonds. The summed E-state index contributed by atoms with van der Waals surface area (Å²) in [5.74, 6) is -0.904. The fraction of sp³-hybridized carbons (Fsp3) is 0.130. The monoisotopic (exact) mass is 376 g/mol. The molecule has 3 nitrogen and oxygen atoms in total. The Morgan fingerprint density at radius 2 is 1.33 bits per heavy atom. The van der Waals surface area contributed by atoms with Crippen molar-refractivity contribution in [2.24, 2.45) is 0 Å². The topological polar surface area (TPSA) is 54.4 Å². The second-order valence-corrected chi connectivity index (χ2v) is 8.10. The Kier molecular flexibility index (Phi) is 5.77. The van der Waals surface area contributed by atoms with Crippen molar-refractivity contribution in [3.8, 4) is 0 Å². The van der Waals surface area contributed by atoms with Crippen LogP contribution in [0.5, 0.6) is 0 Å². The number of carbonyl (C=O) groups excluding carboxylic acids is 1. The maximum Gasteiger partial charge on any atom is 0.320 e. The van der Waals surface area contributed by atoms with Crippen LogP contribution in [-0.4, -0.2) is 21.6 Å². The lowest BCUT2D eigenvalue weighted by Gasteiger charge is -2.24. The van der Waals surface area contributed by atoms with Crippen LogP contribution in [0.2, 0.25) is 0 Å². The van der Waals surface area contributed by atoms with Crippen LogP contribution >= 0.6 is 11.8 Å². The molecule has 0 aliphatic rings. The molecule has 1 N–H and O–H groups in total. The van der Waals surface area contributed by atoms with Crippen LogP contribution in [0.4, 0.5) is 0 Å². The van der Waals surface area contributed by atoms with Crippen LogP contribution in [0.15, 0.2) is 89.8 Å². The number of hydrogen-bond acceptors (Lipinski definition) is 3. The summed E-state index contributed by atoms with van der Waals surface area (Å²) >= 11 is 1.30. The highest BCUT2D eigenvalue weighted by Crippen LogP contribution is 2.36. The summed E-state index contributed by atoms with van der Waals surface area (Å²) < 4.78 is -0.994. The van der Waals surface area contributed by atoms with Crippen molar-refractivity contribution in [1.29, 1.82) is 0 Å². The molecule has 0 saturated heterocycles. The van der Waals surface area contributed by atoms with E-state index < -0.39 is 10.7 Å². The second kappa shape index (κ2) is 8.23. The maximum atomic E-state index is 12.5. The number of carboxylic acids is 1. The largest absolute Gasteiger partial charge is 0.480 e. The smallest absolute Gasteiger partial charge is 0.320 e. The Hall–Kier alpha value is -2.85. The van der Waals surface area contributed by atoms with Crippen molar-refractivity contribution in [1.82, 2.24) is 0 Å². The lowest BCUT2D eigenvalue weighted by atomic mass is 10.0. The Bertz CT molecular complexity index is 921. The molecular weight excluding hydrogens is 356 g/mol. The number of aliphatic carboxylic acids is 1. The molecule has 136 valence electrons. The average molecular weight is 376 g/mol. The number of ketones is 1. The number of benzene rings is 3. The van der Waals surface area contributed by atoms with Crippen molar-refractivity contribution in [2.45, 2.75) is 23.0 Å². The minimum atomic E-state index is -0.994. The second-order valence-electron chi connectivity index (χ2n) is 6.52. The van der Waals surface area contributed by atoms with Crippen LogP contribution < -0.4 is 0 Å². The van der Waals surface area contributed by atoms with Gasteiger partial charge in [0.1, 0.15) is 4.75 Å². The van der Waals surface area contributed by atoms with Crippen LogP contribution in [0.25, 0.3) is 0 Å². The van der Waals surface area contributed by atoms with Gasteiger partial charge < -0.3 is 5.11 Å². The van der Waals surface area contributed by atoms with E-state index in [9.17, 15) is 14.7 Å².